The number of ether oxygens (including phenoxy) is 2. The summed E-state index contributed by atoms with van der Waals surface area (Å²) >= 11 is 0. The van der Waals surface area contributed by atoms with E-state index in [0.29, 0.717) is 13.2 Å². The van der Waals surface area contributed by atoms with Gasteiger partial charge in [-0.2, -0.15) is 0 Å². The molecule has 0 saturated carbocycles. The largest absolute Gasteiger partial charge is 0.493 e. The fraction of sp³-hybridized carbons (Fsp3) is 0.341. The van der Waals surface area contributed by atoms with Gasteiger partial charge in [0.25, 0.3) is 0 Å². The Morgan fingerprint density at radius 3 is 1.11 bits per heavy atom. The van der Waals surface area contributed by atoms with Crippen LogP contribution in [-0.4, -0.2) is 33.1 Å². The van der Waals surface area contributed by atoms with E-state index in [4.69, 9.17) is 19.4 Å². The van der Waals surface area contributed by atoms with Crippen LogP contribution in [0.1, 0.15) is 229 Å². The average Bonchev–Trinajstić information content (AvgIpc) is 1.57. The molecule has 0 amide bonds. The third-order valence-electron chi connectivity index (χ3n) is 19.1. The summed E-state index contributed by atoms with van der Waals surface area (Å²) < 4.78 is 13.7. The molecule has 0 unspecified atom stereocenters. The van der Waals surface area contributed by atoms with E-state index in [9.17, 15) is 0 Å². The number of H-pyrrole nitrogens is 2. The highest BCUT2D eigenvalue weighted by atomic mass is 16.5. The normalized spacial score (nSPS) is 11.5. The smallest absolute Gasteiger partial charge is 0.127 e. The highest BCUT2D eigenvalue weighted by Crippen LogP contribution is 2.43. The summed E-state index contributed by atoms with van der Waals surface area (Å²) in [7, 11) is 0. The number of aromatic amines is 2. The number of nitrogens with zero attached hydrogens (tertiary/aromatic N) is 3. The summed E-state index contributed by atoms with van der Waals surface area (Å²) in [6, 6.07) is 57.0. The zero-order chi connectivity index (χ0) is 67.8. The van der Waals surface area contributed by atoms with E-state index >= 15 is 0 Å². The Hall–Kier alpha value is -9.56. The Morgan fingerprint density at radius 1 is 0.337 bits per heavy atom. The van der Waals surface area contributed by atoms with Crippen molar-refractivity contribution in [2.24, 2.45) is 0 Å². The molecule has 0 aliphatic carbocycles. The molecular formula is C91H101N5O2. The lowest BCUT2D eigenvalue weighted by atomic mass is 9.97. The minimum atomic E-state index is 0.623. The van der Waals surface area contributed by atoms with E-state index in [1.165, 1.54) is 119 Å². The first-order valence-electron chi connectivity index (χ1n) is 37.0. The van der Waals surface area contributed by atoms with Crippen molar-refractivity contribution in [2.75, 3.05) is 18.1 Å². The molecule has 0 radical (unpaired) electrons. The van der Waals surface area contributed by atoms with Crippen LogP contribution < -0.4 is 14.4 Å². The molecule has 2 N–H and O–H groups in total. The first-order valence-corrected chi connectivity index (χ1v) is 37.0. The topological polar surface area (TPSA) is 79.1 Å². The van der Waals surface area contributed by atoms with Crippen LogP contribution in [0.4, 0.5) is 17.1 Å². The van der Waals surface area contributed by atoms with Crippen LogP contribution in [0, 0.1) is 44.5 Å². The van der Waals surface area contributed by atoms with Gasteiger partial charge in [0.1, 0.15) is 11.5 Å². The van der Waals surface area contributed by atoms with Crippen LogP contribution >= 0.6 is 0 Å². The summed E-state index contributed by atoms with van der Waals surface area (Å²) in [6.45, 7) is 16.8. The van der Waals surface area contributed by atoms with Crippen molar-refractivity contribution in [2.45, 2.75) is 190 Å². The lowest BCUT2D eigenvalue weighted by Crippen LogP contribution is -2.10. The highest BCUT2D eigenvalue weighted by molar-refractivity contribution is 5.98. The zero-order valence-corrected chi connectivity index (χ0v) is 59.4. The van der Waals surface area contributed by atoms with Crippen molar-refractivity contribution in [3.05, 3.63) is 231 Å². The second-order valence-corrected chi connectivity index (χ2v) is 26.8. The lowest BCUT2D eigenvalue weighted by Gasteiger charge is -2.26. The Kier molecular flexibility index (Phi) is 25.4. The van der Waals surface area contributed by atoms with E-state index < -0.39 is 0 Å². The maximum Gasteiger partial charge on any atom is 0.127 e. The van der Waals surface area contributed by atoms with Crippen molar-refractivity contribution in [3.8, 4) is 57.4 Å². The van der Waals surface area contributed by atoms with Crippen LogP contribution in [-0.2, 0) is 12.8 Å². The molecule has 6 aromatic carbocycles. The van der Waals surface area contributed by atoms with Gasteiger partial charge in [0.05, 0.1) is 58.1 Å². The van der Waals surface area contributed by atoms with Crippen LogP contribution in [0.2, 0.25) is 0 Å². The molecule has 0 fully saturated rings. The van der Waals surface area contributed by atoms with Crippen molar-refractivity contribution in [3.63, 3.8) is 0 Å². The molecule has 0 saturated heterocycles. The number of nitrogens with one attached hydrogen (secondary N) is 2. The molecular weight excluding hydrogens is 1200 g/mol. The molecule has 98 heavy (non-hydrogen) atoms. The van der Waals surface area contributed by atoms with Gasteiger partial charge in [-0.15, -0.1) is 0 Å². The van der Waals surface area contributed by atoms with E-state index in [1.807, 2.05) is 0 Å². The Labute approximate surface area is 585 Å². The SMILES string of the molecule is CCCCCCCCOc1cccc(C)c1-c1c2nc(c(C#Cc3ccc(N(c4ccc(CCCCCC)cc4)c4ccc(CCCCCC)cc4)cc3)c3ccc([nH]3)c(-c3c(C)cccc3OCCCCCCCC)c3nc(c(C#Cc4ccc(C)cc4)c4ccc1[nH]4)C=C3)C=C2. The molecule has 0 atom stereocenters. The predicted molar refractivity (Wildman–Crippen MR) is 417 cm³/mol. The Bertz CT molecular complexity index is 4360. The van der Waals surface area contributed by atoms with Crippen LogP contribution in [0.15, 0.2) is 158 Å². The summed E-state index contributed by atoms with van der Waals surface area (Å²) in [5, 5.41) is 0. The first kappa shape index (κ1) is 69.8. The summed E-state index contributed by atoms with van der Waals surface area (Å²) in [6.07, 6.45) is 34.9. The average molecular weight is 1300 g/mol. The monoisotopic (exact) mass is 1300 g/mol. The molecule has 7 nitrogen and oxygen atoms in total. The van der Waals surface area contributed by atoms with Gasteiger partial charge in [-0.3, -0.25) is 0 Å². The number of rotatable bonds is 31. The Morgan fingerprint density at radius 2 is 0.694 bits per heavy atom. The fourth-order valence-electron chi connectivity index (χ4n) is 13.5. The maximum absolute atomic E-state index is 6.86. The molecule has 8 bridgehead atoms. The molecule has 11 rings (SSSR count). The maximum atomic E-state index is 6.86. The zero-order valence-electron chi connectivity index (χ0n) is 59.4. The fourth-order valence-corrected chi connectivity index (χ4v) is 13.5. The van der Waals surface area contributed by atoms with Crippen molar-refractivity contribution in [1.82, 2.24) is 19.9 Å². The molecule has 7 heteroatoms. The van der Waals surface area contributed by atoms with Crippen LogP contribution in [0.3, 0.4) is 0 Å². The predicted octanol–water partition coefficient (Wildman–Crippen LogP) is 24.9. The van der Waals surface area contributed by atoms with Crippen LogP contribution in [0.5, 0.6) is 11.5 Å². The van der Waals surface area contributed by atoms with Gasteiger partial charge in [0.15, 0.2) is 0 Å². The number of hydrogen-bond donors (Lipinski definition) is 2. The quantitative estimate of drug-likeness (QED) is 0.0334. The summed E-state index contributed by atoms with van der Waals surface area (Å²) in [5.74, 6) is 16.3. The number of aryl methyl sites for hydroxylation is 5. The molecule has 2 aliphatic rings. The highest BCUT2D eigenvalue weighted by Gasteiger charge is 2.23. The van der Waals surface area contributed by atoms with Gasteiger partial charge < -0.3 is 24.3 Å². The standard InChI is InChI=1S/C91H101N5O2/c1-8-12-16-20-22-26-64-97-86-34-28-30-67(6)88(86)90-82-60-56-78(92-82)76(54-46-71-38-36-66(5)37-39-71)79-57-61-83(93-79)91(89-68(7)31-29-35-87(89)98-65-27-23-21-17-13-9-2)85-63-59-81(95-85)77(80-58-62-84(90)94-80)55-47-72-44-52-75(53-45-72)96(73-48-40-69(41-49-73)32-24-18-14-10-3)74-50-42-70(43-51-74)33-25-19-15-11-4/h28-31,34-45,48-53,56-63,92,95H,8-27,32-33,64-65H2,1-7H3. The molecule has 2 aliphatic heterocycles. The number of aromatic nitrogens is 4. The molecule has 5 heterocycles. The van der Waals surface area contributed by atoms with Gasteiger partial charge in [0, 0.05) is 61.5 Å². The van der Waals surface area contributed by atoms with Gasteiger partial charge in [-0.1, -0.05) is 220 Å². The van der Waals surface area contributed by atoms with E-state index in [1.54, 1.807) is 0 Å². The van der Waals surface area contributed by atoms with Crippen molar-refractivity contribution >= 4 is 63.4 Å². The number of anilines is 3. The van der Waals surface area contributed by atoms with Gasteiger partial charge in [-0.25, -0.2) is 9.97 Å². The van der Waals surface area contributed by atoms with E-state index in [-0.39, 0.29) is 0 Å². The molecule has 502 valence electrons. The lowest BCUT2D eigenvalue weighted by molar-refractivity contribution is 0.305. The van der Waals surface area contributed by atoms with E-state index in [0.717, 1.165) is 168 Å². The third-order valence-corrected chi connectivity index (χ3v) is 19.1. The number of benzene rings is 6. The second-order valence-electron chi connectivity index (χ2n) is 26.8. The molecule has 3 aromatic heterocycles. The van der Waals surface area contributed by atoms with Crippen LogP contribution in [0.25, 0.3) is 68.6 Å². The van der Waals surface area contributed by atoms with E-state index in [2.05, 4.69) is 269 Å². The first-order chi connectivity index (χ1) is 48.2. The minimum absolute atomic E-state index is 0.623. The summed E-state index contributed by atoms with van der Waals surface area (Å²) in [5.41, 5.74) is 23.2. The van der Waals surface area contributed by atoms with Gasteiger partial charge in [-0.05, 0) is 203 Å². The van der Waals surface area contributed by atoms with Gasteiger partial charge in [0.2, 0.25) is 0 Å². The Balaban J connectivity index is 1.09. The van der Waals surface area contributed by atoms with Gasteiger partial charge >= 0.3 is 0 Å². The molecule has 9 aromatic rings. The van der Waals surface area contributed by atoms with Crippen molar-refractivity contribution < 1.29 is 9.47 Å². The molecule has 0 spiro atoms. The van der Waals surface area contributed by atoms with Crippen molar-refractivity contribution in [1.29, 1.82) is 0 Å². The minimum Gasteiger partial charge on any atom is -0.493 e. The number of unbranched alkanes of at least 4 members (excludes halogenated alkanes) is 16. The second kappa shape index (κ2) is 35.6. The summed E-state index contributed by atoms with van der Waals surface area (Å²) in [4.78, 5) is 21.6. The number of fused-ring (bicyclic) bond motifs is 8. The number of hydrogen-bond acceptors (Lipinski definition) is 5. The third kappa shape index (κ3) is 18.2.